The van der Waals surface area contributed by atoms with Gasteiger partial charge in [-0.15, -0.1) is 0 Å². The van der Waals surface area contributed by atoms with E-state index in [4.69, 9.17) is 11.6 Å². The lowest BCUT2D eigenvalue weighted by Gasteiger charge is -2.34. The fourth-order valence-electron chi connectivity index (χ4n) is 2.96. The molecule has 0 saturated carbocycles. The van der Waals surface area contributed by atoms with Crippen LogP contribution in [0, 0.1) is 0 Å². The van der Waals surface area contributed by atoms with Crippen LogP contribution >= 0.6 is 11.6 Å². The number of imidazole rings is 1. The fourth-order valence-corrected chi connectivity index (χ4v) is 3.08. The molecule has 5 nitrogen and oxygen atoms in total. The van der Waals surface area contributed by atoms with Crippen LogP contribution in [-0.2, 0) is 11.3 Å². The van der Waals surface area contributed by atoms with Gasteiger partial charge in [0.15, 0.2) is 0 Å². The second-order valence-electron chi connectivity index (χ2n) is 5.94. The highest BCUT2D eigenvalue weighted by Gasteiger charge is 2.25. The Labute approximate surface area is 144 Å². The van der Waals surface area contributed by atoms with Crippen LogP contribution < -0.4 is 4.90 Å². The number of fused-ring (bicyclic) bond motifs is 1. The lowest BCUT2D eigenvalue weighted by atomic mass is 10.2. The molecule has 2 aromatic carbocycles. The van der Waals surface area contributed by atoms with Gasteiger partial charge in [-0.05, 0) is 29.8 Å². The van der Waals surface area contributed by atoms with E-state index < -0.39 is 0 Å². The van der Waals surface area contributed by atoms with Gasteiger partial charge in [0.1, 0.15) is 0 Å². The number of H-pyrrole nitrogens is 1. The van der Waals surface area contributed by atoms with E-state index in [0.717, 1.165) is 29.1 Å². The summed E-state index contributed by atoms with van der Waals surface area (Å²) in [6.45, 7) is 2.40. The van der Waals surface area contributed by atoms with Gasteiger partial charge in [-0.2, -0.15) is 0 Å². The molecule has 0 radical (unpaired) electrons. The SMILES string of the molecule is O=C1CN(c2nc3ccccc3[nH]2)CCN1Cc1ccc(Cl)cc1. The predicted molar refractivity (Wildman–Crippen MR) is 95.2 cm³/mol. The molecule has 1 N–H and O–H groups in total. The number of nitrogens with one attached hydrogen (secondary N) is 1. The summed E-state index contributed by atoms with van der Waals surface area (Å²) in [4.78, 5) is 24.2. The van der Waals surface area contributed by atoms with Crippen LogP contribution in [0.25, 0.3) is 11.0 Å². The average molecular weight is 341 g/mol. The molecule has 24 heavy (non-hydrogen) atoms. The van der Waals surface area contributed by atoms with E-state index in [0.29, 0.717) is 24.7 Å². The molecule has 1 aromatic heterocycles. The Kier molecular flexibility index (Phi) is 3.86. The maximum atomic E-state index is 12.5. The van der Waals surface area contributed by atoms with E-state index in [-0.39, 0.29) is 5.91 Å². The Hall–Kier alpha value is -2.53. The summed E-state index contributed by atoms with van der Waals surface area (Å²) < 4.78 is 0. The second-order valence-corrected chi connectivity index (χ2v) is 6.38. The first-order valence-corrected chi connectivity index (χ1v) is 8.29. The van der Waals surface area contributed by atoms with Crippen molar-refractivity contribution in [3.63, 3.8) is 0 Å². The molecule has 3 aromatic rings. The number of amides is 1. The summed E-state index contributed by atoms with van der Waals surface area (Å²) in [5, 5.41) is 0.708. The molecule has 4 rings (SSSR count). The van der Waals surface area contributed by atoms with Crippen molar-refractivity contribution in [2.75, 3.05) is 24.5 Å². The van der Waals surface area contributed by atoms with Gasteiger partial charge >= 0.3 is 0 Å². The number of carbonyl (C=O) groups excluding carboxylic acids is 1. The molecule has 1 fully saturated rings. The van der Waals surface area contributed by atoms with Crippen LogP contribution in [-0.4, -0.2) is 40.4 Å². The third-order valence-corrected chi connectivity index (χ3v) is 4.53. The number of nitrogens with zero attached hydrogens (tertiary/aromatic N) is 3. The fraction of sp³-hybridized carbons (Fsp3) is 0.222. The first-order valence-electron chi connectivity index (χ1n) is 7.91. The van der Waals surface area contributed by atoms with Crippen LogP contribution in [0.5, 0.6) is 0 Å². The molecular weight excluding hydrogens is 324 g/mol. The summed E-state index contributed by atoms with van der Waals surface area (Å²) in [6, 6.07) is 15.5. The lowest BCUT2D eigenvalue weighted by Crippen LogP contribution is -2.50. The minimum absolute atomic E-state index is 0.108. The monoisotopic (exact) mass is 340 g/mol. The molecule has 0 atom stereocenters. The Balaban J connectivity index is 1.46. The Morgan fingerprint density at radius 1 is 1.08 bits per heavy atom. The van der Waals surface area contributed by atoms with Gasteiger partial charge in [-0.1, -0.05) is 35.9 Å². The Morgan fingerprint density at radius 2 is 1.88 bits per heavy atom. The number of benzene rings is 2. The number of carbonyl (C=O) groups is 1. The van der Waals surface area contributed by atoms with Crippen molar-refractivity contribution in [2.24, 2.45) is 0 Å². The summed E-state index contributed by atoms with van der Waals surface area (Å²) in [5.41, 5.74) is 3.00. The zero-order valence-electron chi connectivity index (χ0n) is 13.1. The maximum Gasteiger partial charge on any atom is 0.242 e. The van der Waals surface area contributed by atoms with Crippen molar-refractivity contribution in [3.05, 3.63) is 59.1 Å². The summed E-state index contributed by atoms with van der Waals surface area (Å²) in [5.74, 6) is 0.868. The van der Waals surface area contributed by atoms with E-state index >= 15 is 0 Å². The number of rotatable bonds is 3. The summed E-state index contributed by atoms with van der Waals surface area (Å²) >= 11 is 5.91. The van der Waals surface area contributed by atoms with Gasteiger partial charge in [0.2, 0.25) is 11.9 Å². The number of piperazine rings is 1. The van der Waals surface area contributed by atoms with Crippen LogP contribution in [0.2, 0.25) is 5.02 Å². The molecule has 6 heteroatoms. The highest BCUT2D eigenvalue weighted by Crippen LogP contribution is 2.19. The quantitative estimate of drug-likeness (QED) is 0.797. The number of para-hydroxylation sites is 2. The number of aromatic amines is 1. The Bertz CT molecular complexity index is 841. The van der Waals surface area contributed by atoms with E-state index in [1.54, 1.807) is 0 Å². The van der Waals surface area contributed by atoms with Gasteiger partial charge in [0, 0.05) is 24.7 Å². The number of anilines is 1. The molecule has 0 spiro atoms. The highest BCUT2D eigenvalue weighted by molar-refractivity contribution is 6.30. The van der Waals surface area contributed by atoms with Gasteiger partial charge in [0.25, 0.3) is 0 Å². The van der Waals surface area contributed by atoms with Crippen molar-refractivity contribution < 1.29 is 4.79 Å². The van der Waals surface area contributed by atoms with Gasteiger partial charge in [-0.25, -0.2) is 4.98 Å². The number of aromatic nitrogens is 2. The van der Waals surface area contributed by atoms with Crippen molar-refractivity contribution in [1.29, 1.82) is 0 Å². The van der Waals surface area contributed by atoms with Crippen molar-refractivity contribution >= 4 is 34.5 Å². The molecule has 1 aliphatic heterocycles. The minimum Gasteiger partial charge on any atom is -0.335 e. The van der Waals surface area contributed by atoms with Crippen molar-refractivity contribution in [3.8, 4) is 0 Å². The third kappa shape index (κ3) is 2.95. The Morgan fingerprint density at radius 3 is 2.62 bits per heavy atom. The van der Waals surface area contributed by atoms with Crippen LogP contribution in [0.1, 0.15) is 5.56 Å². The zero-order chi connectivity index (χ0) is 16.5. The maximum absolute atomic E-state index is 12.5. The van der Waals surface area contributed by atoms with Gasteiger partial charge in [0.05, 0.1) is 17.6 Å². The van der Waals surface area contributed by atoms with Crippen LogP contribution in [0.3, 0.4) is 0 Å². The lowest BCUT2D eigenvalue weighted by molar-refractivity contribution is -0.131. The molecule has 0 bridgehead atoms. The highest BCUT2D eigenvalue weighted by atomic mass is 35.5. The van der Waals surface area contributed by atoms with E-state index in [9.17, 15) is 4.79 Å². The average Bonchev–Trinajstić information content (AvgIpc) is 3.03. The third-order valence-electron chi connectivity index (χ3n) is 4.28. The first-order chi connectivity index (χ1) is 11.7. The summed E-state index contributed by atoms with van der Waals surface area (Å²) in [6.07, 6.45) is 0. The normalized spacial score (nSPS) is 15.3. The van der Waals surface area contributed by atoms with Crippen molar-refractivity contribution in [2.45, 2.75) is 6.54 Å². The zero-order valence-corrected chi connectivity index (χ0v) is 13.8. The van der Waals surface area contributed by atoms with E-state index in [2.05, 4.69) is 9.97 Å². The van der Waals surface area contributed by atoms with Crippen LogP contribution in [0.15, 0.2) is 48.5 Å². The van der Waals surface area contributed by atoms with E-state index in [1.807, 2.05) is 58.3 Å². The molecule has 1 amide bonds. The largest absolute Gasteiger partial charge is 0.335 e. The second kappa shape index (κ2) is 6.17. The van der Waals surface area contributed by atoms with Crippen molar-refractivity contribution in [1.82, 2.24) is 14.9 Å². The first kappa shape index (κ1) is 15.0. The molecule has 1 aliphatic rings. The molecule has 1 saturated heterocycles. The number of hydrogen-bond acceptors (Lipinski definition) is 3. The topological polar surface area (TPSA) is 52.2 Å². The number of halogens is 1. The molecule has 122 valence electrons. The molecule has 2 heterocycles. The molecule has 0 aliphatic carbocycles. The summed E-state index contributed by atoms with van der Waals surface area (Å²) in [7, 11) is 0. The molecular formula is C18H17ClN4O. The van der Waals surface area contributed by atoms with Gasteiger partial charge in [-0.3, -0.25) is 4.79 Å². The predicted octanol–water partition coefficient (Wildman–Crippen LogP) is 3.07. The smallest absolute Gasteiger partial charge is 0.242 e. The standard InChI is InChI=1S/C18H17ClN4O/c19-14-7-5-13(6-8-14)11-22-9-10-23(12-17(22)24)18-20-15-3-1-2-4-16(15)21-18/h1-8H,9-12H2,(H,20,21). The molecule has 0 unspecified atom stereocenters. The van der Waals surface area contributed by atoms with Crippen LogP contribution in [0.4, 0.5) is 5.95 Å². The number of hydrogen-bond donors (Lipinski definition) is 1. The van der Waals surface area contributed by atoms with Gasteiger partial charge < -0.3 is 14.8 Å². The minimum atomic E-state index is 0.108. The van der Waals surface area contributed by atoms with E-state index in [1.165, 1.54) is 0 Å².